The number of aromatic nitrogens is 5. The smallest absolute Gasteiger partial charge is 0.143 e. The number of rotatable bonds is 4. The second kappa shape index (κ2) is 7.94. The van der Waals surface area contributed by atoms with Crippen LogP contribution in [0.2, 0.25) is 0 Å². The van der Waals surface area contributed by atoms with Crippen molar-refractivity contribution in [2.45, 2.75) is 37.8 Å². The van der Waals surface area contributed by atoms with Gasteiger partial charge in [0.1, 0.15) is 23.4 Å². The van der Waals surface area contributed by atoms with Crippen LogP contribution in [0.3, 0.4) is 0 Å². The maximum absolute atomic E-state index is 5.51. The molecule has 1 saturated carbocycles. The Labute approximate surface area is 180 Å². The van der Waals surface area contributed by atoms with E-state index in [0.29, 0.717) is 12.1 Å². The fourth-order valence-electron chi connectivity index (χ4n) is 5.10. The van der Waals surface area contributed by atoms with Gasteiger partial charge in [-0.1, -0.05) is 0 Å². The number of ether oxygens (including phenoxy) is 1. The first-order valence-electron chi connectivity index (χ1n) is 11.2. The van der Waals surface area contributed by atoms with E-state index in [2.05, 4.69) is 42.4 Å². The van der Waals surface area contributed by atoms with Gasteiger partial charge in [-0.25, -0.2) is 15.0 Å². The van der Waals surface area contributed by atoms with Gasteiger partial charge < -0.3 is 19.4 Å². The lowest BCUT2D eigenvalue weighted by Crippen LogP contribution is -2.46. The molecule has 2 aliphatic rings. The number of pyridine rings is 1. The van der Waals surface area contributed by atoms with Gasteiger partial charge in [-0.05, 0) is 37.8 Å². The van der Waals surface area contributed by atoms with Gasteiger partial charge in [-0.15, -0.1) is 0 Å². The van der Waals surface area contributed by atoms with Gasteiger partial charge in [0.2, 0.25) is 0 Å². The summed E-state index contributed by atoms with van der Waals surface area (Å²) in [6.07, 6.45) is 14.3. The molecule has 4 aromatic rings. The van der Waals surface area contributed by atoms with Crippen LogP contribution in [0, 0.1) is 0 Å². The standard InChI is InChI=1S/C23H27N7O/c1-6-20-24-7-8-30(20)14-16(1)19-13-25-22-21(19)23(27-15-26-22)28-17-2-4-18(5-3-17)29-9-11-31-12-10-29/h1,6-8,13-15,17-18H,2-5,9-12H2,(H2,25,26,27,28)/t17-,18-. The zero-order valence-corrected chi connectivity index (χ0v) is 17.5. The van der Waals surface area contributed by atoms with E-state index in [9.17, 15) is 0 Å². The molecular formula is C23H27N7O. The minimum Gasteiger partial charge on any atom is -0.379 e. The summed E-state index contributed by atoms with van der Waals surface area (Å²) in [5.41, 5.74) is 4.02. The first-order valence-corrected chi connectivity index (χ1v) is 11.2. The molecule has 0 amide bonds. The van der Waals surface area contributed by atoms with Gasteiger partial charge in [0.15, 0.2) is 0 Å². The van der Waals surface area contributed by atoms with Crippen LogP contribution in [0.25, 0.3) is 27.8 Å². The normalized spacial score (nSPS) is 22.8. The Morgan fingerprint density at radius 1 is 1.03 bits per heavy atom. The van der Waals surface area contributed by atoms with E-state index < -0.39 is 0 Å². The van der Waals surface area contributed by atoms with Crippen LogP contribution in [0.15, 0.2) is 43.2 Å². The van der Waals surface area contributed by atoms with Gasteiger partial charge in [0, 0.05) is 61.1 Å². The number of fused-ring (bicyclic) bond motifs is 2. The molecule has 0 radical (unpaired) electrons. The number of hydrogen-bond donors (Lipinski definition) is 2. The van der Waals surface area contributed by atoms with E-state index in [4.69, 9.17) is 4.74 Å². The summed E-state index contributed by atoms with van der Waals surface area (Å²) < 4.78 is 7.55. The molecule has 1 saturated heterocycles. The quantitative estimate of drug-likeness (QED) is 0.530. The molecule has 4 aromatic heterocycles. The Kier molecular flexibility index (Phi) is 4.81. The molecule has 2 fully saturated rings. The molecule has 0 atom stereocenters. The van der Waals surface area contributed by atoms with Crippen molar-refractivity contribution in [3.63, 3.8) is 0 Å². The molecule has 5 heterocycles. The largest absolute Gasteiger partial charge is 0.379 e. The Morgan fingerprint density at radius 3 is 2.77 bits per heavy atom. The fraction of sp³-hybridized carbons (Fsp3) is 0.435. The van der Waals surface area contributed by atoms with Crippen molar-refractivity contribution in [3.8, 4) is 11.1 Å². The van der Waals surface area contributed by atoms with E-state index in [-0.39, 0.29) is 0 Å². The number of nitrogens with zero attached hydrogens (tertiary/aromatic N) is 5. The summed E-state index contributed by atoms with van der Waals surface area (Å²) in [6, 6.07) is 5.28. The molecule has 1 aliphatic carbocycles. The summed E-state index contributed by atoms with van der Waals surface area (Å²) in [5.74, 6) is 0.918. The minimum absolute atomic E-state index is 0.439. The van der Waals surface area contributed by atoms with Crippen LogP contribution >= 0.6 is 0 Å². The maximum atomic E-state index is 5.51. The lowest BCUT2D eigenvalue weighted by Gasteiger charge is -2.39. The van der Waals surface area contributed by atoms with Crippen LogP contribution in [0.1, 0.15) is 25.7 Å². The summed E-state index contributed by atoms with van der Waals surface area (Å²) in [6.45, 7) is 3.89. The fourth-order valence-corrected chi connectivity index (χ4v) is 5.10. The molecular weight excluding hydrogens is 390 g/mol. The lowest BCUT2D eigenvalue weighted by molar-refractivity contribution is 0.00791. The Balaban J connectivity index is 1.24. The highest BCUT2D eigenvalue weighted by molar-refractivity contribution is 6.00. The van der Waals surface area contributed by atoms with Gasteiger partial charge in [-0.2, -0.15) is 0 Å². The molecule has 0 unspecified atom stereocenters. The SMILES string of the molecule is c1nc(N[C@H]2CC[C@H](N3CCOCC3)CC2)c2c(-c3ccc4nccn4c3)c[nH]c2n1. The zero-order chi connectivity index (χ0) is 20.6. The molecule has 0 spiro atoms. The van der Waals surface area contributed by atoms with E-state index in [1.165, 1.54) is 12.8 Å². The third kappa shape index (κ3) is 3.55. The van der Waals surface area contributed by atoms with Crippen molar-refractivity contribution in [1.82, 2.24) is 29.2 Å². The highest BCUT2D eigenvalue weighted by Gasteiger charge is 2.27. The van der Waals surface area contributed by atoms with Crippen LogP contribution in [0.5, 0.6) is 0 Å². The molecule has 0 bridgehead atoms. The number of imidazole rings is 1. The predicted molar refractivity (Wildman–Crippen MR) is 120 cm³/mol. The molecule has 160 valence electrons. The first kappa shape index (κ1) is 18.8. The summed E-state index contributed by atoms with van der Waals surface area (Å²) in [4.78, 5) is 19.4. The number of nitrogens with one attached hydrogen (secondary N) is 2. The van der Waals surface area contributed by atoms with Crippen molar-refractivity contribution in [2.75, 3.05) is 31.6 Å². The maximum Gasteiger partial charge on any atom is 0.143 e. The van der Waals surface area contributed by atoms with E-state index in [1.807, 2.05) is 29.1 Å². The van der Waals surface area contributed by atoms with Crippen molar-refractivity contribution in [1.29, 1.82) is 0 Å². The average molecular weight is 418 g/mol. The van der Waals surface area contributed by atoms with Crippen LogP contribution < -0.4 is 5.32 Å². The van der Waals surface area contributed by atoms with Gasteiger partial charge in [0.05, 0.1) is 18.6 Å². The zero-order valence-electron chi connectivity index (χ0n) is 17.5. The van der Waals surface area contributed by atoms with E-state index in [0.717, 1.165) is 72.8 Å². The van der Waals surface area contributed by atoms with Crippen LogP contribution in [-0.2, 0) is 4.74 Å². The van der Waals surface area contributed by atoms with Crippen molar-refractivity contribution in [3.05, 3.63) is 43.2 Å². The van der Waals surface area contributed by atoms with Crippen molar-refractivity contribution >= 4 is 22.5 Å². The Morgan fingerprint density at radius 2 is 1.90 bits per heavy atom. The number of H-pyrrole nitrogens is 1. The number of hydrogen-bond acceptors (Lipinski definition) is 6. The monoisotopic (exact) mass is 417 g/mol. The Bertz CT molecular complexity index is 1190. The van der Waals surface area contributed by atoms with E-state index >= 15 is 0 Å². The van der Waals surface area contributed by atoms with Gasteiger partial charge in [-0.3, -0.25) is 4.90 Å². The summed E-state index contributed by atoms with van der Waals surface area (Å²) in [5, 5.41) is 4.80. The summed E-state index contributed by atoms with van der Waals surface area (Å²) in [7, 11) is 0. The molecule has 31 heavy (non-hydrogen) atoms. The van der Waals surface area contributed by atoms with Gasteiger partial charge >= 0.3 is 0 Å². The van der Waals surface area contributed by atoms with Crippen LogP contribution in [0.4, 0.5) is 5.82 Å². The number of aromatic amines is 1. The topological polar surface area (TPSA) is 83.4 Å². The molecule has 2 N–H and O–H groups in total. The highest BCUT2D eigenvalue weighted by atomic mass is 16.5. The third-order valence-electron chi connectivity index (χ3n) is 6.77. The molecule has 0 aromatic carbocycles. The van der Waals surface area contributed by atoms with E-state index in [1.54, 1.807) is 6.33 Å². The predicted octanol–water partition coefficient (Wildman–Crippen LogP) is 3.33. The molecule has 8 heteroatoms. The number of morpholine rings is 1. The van der Waals surface area contributed by atoms with Crippen molar-refractivity contribution < 1.29 is 4.74 Å². The first-order chi connectivity index (χ1) is 15.3. The third-order valence-corrected chi connectivity index (χ3v) is 6.77. The second-order valence-corrected chi connectivity index (χ2v) is 8.56. The van der Waals surface area contributed by atoms with Gasteiger partial charge in [0.25, 0.3) is 0 Å². The molecule has 6 rings (SSSR count). The van der Waals surface area contributed by atoms with Crippen LogP contribution in [-0.4, -0.2) is 67.6 Å². The Hall–Kier alpha value is -2.97. The lowest BCUT2D eigenvalue weighted by atomic mass is 9.90. The number of anilines is 1. The second-order valence-electron chi connectivity index (χ2n) is 8.56. The molecule has 1 aliphatic heterocycles. The summed E-state index contributed by atoms with van der Waals surface area (Å²) >= 11 is 0. The highest BCUT2D eigenvalue weighted by Crippen LogP contribution is 2.34. The minimum atomic E-state index is 0.439. The van der Waals surface area contributed by atoms with Crippen molar-refractivity contribution in [2.24, 2.45) is 0 Å². The average Bonchev–Trinajstić information content (AvgIpc) is 3.47. The molecule has 8 nitrogen and oxygen atoms in total.